The Morgan fingerprint density at radius 1 is 1.33 bits per heavy atom. The maximum Gasteiger partial charge on any atom is 0.211 e. The third-order valence-corrected chi connectivity index (χ3v) is 5.62. The number of nitrogens with two attached hydrogens (primary N) is 1. The van der Waals surface area contributed by atoms with Crippen LogP contribution in [0.4, 0.5) is 0 Å². The lowest BCUT2D eigenvalue weighted by Crippen LogP contribution is -2.40. The second-order valence-electron chi connectivity index (χ2n) is 6.07. The maximum absolute atomic E-state index is 11.7. The number of nitrogens with zero attached hydrogens (tertiary/aromatic N) is 1. The molecule has 1 heterocycles. The van der Waals surface area contributed by atoms with Crippen molar-refractivity contribution in [3.63, 3.8) is 0 Å². The van der Waals surface area contributed by atoms with Gasteiger partial charge in [0.2, 0.25) is 10.0 Å². The van der Waals surface area contributed by atoms with Gasteiger partial charge in [0.1, 0.15) is 0 Å². The Kier molecular flexibility index (Phi) is 5.41. The molecular weight excluding hydrogens is 284 g/mol. The zero-order valence-corrected chi connectivity index (χ0v) is 13.8. The van der Waals surface area contributed by atoms with Crippen LogP contribution in [0.25, 0.3) is 0 Å². The molecule has 0 radical (unpaired) electrons. The molecule has 2 unspecified atom stereocenters. The largest absolute Gasteiger partial charge is 0.324 e. The Morgan fingerprint density at radius 3 is 2.57 bits per heavy atom. The molecule has 0 spiro atoms. The number of benzene rings is 1. The summed E-state index contributed by atoms with van der Waals surface area (Å²) in [5, 5.41) is 0. The molecule has 1 aliphatic heterocycles. The summed E-state index contributed by atoms with van der Waals surface area (Å²) in [5.74, 6) is 0.356. The molecule has 0 aliphatic carbocycles. The fraction of sp³-hybridized carbons (Fsp3) is 0.625. The first-order valence-electron chi connectivity index (χ1n) is 7.69. The molecule has 0 saturated carbocycles. The molecule has 1 aromatic carbocycles. The van der Waals surface area contributed by atoms with Gasteiger partial charge < -0.3 is 5.73 Å². The monoisotopic (exact) mass is 310 g/mol. The van der Waals surface area contributed by atoms with Gasteiger partial charge in [-0.15, -0.1) is 0 Å². The first-order valence-corrected chi connectivity index (χ1v) is 9.54. The average molecular weight is 310 g/mol. The molecule has 1 aliphatic rings. The van der Waals surface area contributed by atoms with Crippen LogP contribution in [0.3, 0.4) is 0 Å². The average Bonchev–Trinajstić information content (AvgIpc) is 2.47. The van der Waals surface area contributed by atoms with Crippen molar-refractivity contribution in [1.82, 2.24) is 4.31 Å². The van der Waals surface area contributed by atoms with E-state index in [-0.39, 0.29) is 6.04 Å². The summed E-state index contributed by atoms with van der Waals surface area (Å²) < 4.78 is 24.9. The van der Waals surface area contributed by atoms with Gasteiger partial charge in [0.05, 0.1) is 6.26 Å². The number of piperidine rings is 1. The van der Waals surface area contributed by atoms with E-state index in [1.807, 2.05) is 0 Å². The van der Waals surface area contributed by atoms with Crippen LogP contribution in [0.5, 0.6) is 0 Å². The van der Waals surface area contributed by atoms with E-state index in [4.69, 9.17) is 5.73 Å². The van der Waals surface area contributed by atoms with Gasteiger partial charge >= 0.3 is 0 Å². The van der Waals surface area contributed by atoms with E-state index in [2.05, 4.69) is 31.2 Å². The van der Waals surface area contributed by atoms with Gasteiger partial charge in [-0.2, -0.15) is 0 Å². The van der Waals surface area contributed by atoms with Gasteiger partial charge in [0.15, 0.2) is 0 Å². The van der Waals surface area contributed by atoms with Gasteiger partial charge in [-0.1, -0.05) is 31.2 Å². The minimum Gasteiger partial charge on any atom is -0.324 e. The summed E-state index contributed by atoms with van der Waals surface area (Å²) in [5.41, 5.74) is 8.76. The predicted molar refractivity (Wildman–Crippen MR) is 86.5 cm³/mol. The topological polar surface area (TPSA) is 63.4 Å². The molecule has 4 nitrogen and oxygen atoms in total. The van der Waals surface area contributed by atoms with Crippen LogP contribution in [0.2, 0.25) is 0 Å². The van der Waals surface area contributed by atoms with E-state index >= 15 is 0 Å². The Bertz CT molecular complexity index is 554. The molecule has 1 saturated heterocycles. The highest BCUT2D eigenvalue weighted by Crippen LogP contribution is 2.27. The second kappa shape index (κ2) is 6.90. The summed E-state index contributed by atoms with van der Waals surface area (Å²) in [6.45, 7) is 3.39. The van der Waals surface area contributed by atoms with Crippen molar-refractivity contribution < 1.29 is 8.42 Å². The zero-order valence-electron chi connectivity index (χ0n) is 13.0. The van der Waals surface area contributed by atoms with Gasteiger partial charge in [-0.3, -0.25) is 0 Å². The van der Waals surface area contributed by atoms with Gasteiger partial charge in [0, 0.05) is 19.1 Å². The number of hydrogen-bond acceptors (Lipinski definition) is 3. The third kappa shape index (κ3) is 4.53. The summed E-state index contributed by atoms with van der Waals surface area (Å²) in [4.78, 5) is 0. The molecule has 2 N–H and O–H groups in total. The highest BCUT2D eigenvalue weighted by molar-refractivity contribution is 7.88. The Hall–Kier alpha value is -0.910. The first kappa shape index (κ1) is 16.5. The molecule has 118 valence electrons. The molecule has 2 rings (SSSR count). The molecule has 1 fully saturated rings. The quantitative estimate of drug-likeness (QED) is 0.907. The Morgan fingerprint density at radius 2 is 2.00 bits per heavy atom. The van der Waals surface area contributed by atoms with Crippen LogP contribution < -0.4 is 5.73 Å². The van der Waals surface area contributed by atoms with Crippen LogP contribution in [0.15, 0.2) is 24.3 Å². The van der Waals surface area contributed by atoms with E-state index in [9.17, 15) is 8.42 Å². The summed E-state index contributed by atoms with van der Waals surface area (Å²) in [7, 11) is -3.08. The van der Waals surface area contributed by atoms with Crippen molar-refractivity contribution >= 4 is 10.0 Å². The molecule has 0 aromatic heterocycles. The van der Waals surface area contributed by atoms with Crippen molar-refractivity contribution in [3.8, 4) is 0 Å². The second-order valence-corrected chi connectivity index (χ2v) is 8.05. The van der Waals surface area contributed by atoms with Crippen LogP contribution in [-0.2, 0) is 16.4 Å². The van der Waals surface area contributed by atoms with Crippen molar-refractivity contribution in [2.45, 2.75) is 38.6 Å². The number of aryl methyl sites for hydroxylation is 1. The smallest absolute Gasteiger partial charge is 0.211 e. The van der Waals surface area contributed by atoms with Crippen molar-refractivity contribution in [1.29, 1.82) is 0 Å². The third-order valence-electron chi connectivity index (χ3n) is 4.35. The molecule has 5 heteroatoms. The van der Waals surface area contributed by atoms with Gasteiger partial charge in [0.25, 0.3) is 0 Å². The molecule has 0 amide bonds. The summed E-state index contributed by atoms with van der Waals surface area (Å²) >= 11 is 0. The van der Waals surface area contributed by atoms with E-state index < -0.39 is 10.0 Å². The number of sulfonamides is 1. The molecule has 0 bridgehead atoms. The van der Waals surface area contributed by atoms with Crippen molar-refractivity contribution in [2.24, 2.45) is 11.7 Å². The normalized spacial score (nSPS) is 22.1. The van der Waals surface area contributed by atoms with Crippen molar-refractivity contribution in [2.75, 3.05) is 19.3 Å². The van der Waals surface area contributed by atoms with Crippen LogP contribution in [-0.4, -0.2) is 32.1 Å². The van der Waals surface area contributed by atoms with E-state index in [1.54, 1.807) is 4.31 Å². The molecular formula is C16H26N2O2S. The zero-order chi connectivity index (χ0) is 15.5. The van der Waals surface area contributed by atoms with Gasteiger partial charge in [-0.25, -0.2) is 12.7 Å². The molecule has 21 heavy (non-hydrogen) atoms. The minimum absolute atomic E-state index is 0.0135. The van der Waals surface area contributed by atoms with Crippen LogP contribution in [0, 0.1) is 5.92 Å². The fourth-order valence-electron chi connectivity index (χ4n) is 3.02. The molecule has 2 atom stereocenters. The van der Waals surface area contributed by atoms with Crippen LogP contribution >= 0.6 is 0 Å². The standard InChI is InChI=1S/C16H26N2O2S/c1-3-13-6-8-15(9-7-13)16(17)11-14-5-4-10-18(12-14)21(2,19)20/h6-9,14,16H,3-5,10-12,17H2,1-2H3. The number of rotatable bonds is 5. The lowest BCUT2D eigenvalue weighted by atomic mass is 9.89. The van der Waals surface area contributed by atoms with E-state index in [0.29, 0.717) is 19.0 Å². The van der Waals surface area contributed by atoms with Crippen molar-refractivity contribution in [3.05, 3.63) is 35.4 Å². The minimum atomic E-state index is -3.08. The van der Waals surface area contributed by atoms with Crippen LogP contribution in [0.1, 0.15) is 43.4 Å². The predicted octanol–water partition coefficient (Wildman–Crippen LogP) is 2.31. The summed E-state index contributed by atoms with van der Waals surface area (Å²) in [6, 6.07) is 8.43. The van der Waals surface area contributed by atoms with E-state index in [0.717, 1.165) is 31.2 Å². The van der Waals surface area contributed by atoms with E-state index in [1.165, 1.54) is 11.8 Å². The lowest BCUT2D eigenvalue weighted by Gasteiger charge is -2.32. The number of hydrogen-bond donors (Lipinski definition) is 1. The Balaban J connectivity index is 1.96. The summed E-state index contributed by atoms with van der Waals surface area (Å²) in [6.07, 6.45) is 5.16. The fourth-order valence-corrected chi connectivity index (χ4v) is 3.96. The van der Waals surface area contributed by atoms with Gasteiger partial charge in [-0.05, 0) is 42.7 Å². The highest BCUT2D eigenvalue weighted by atomic mass is 32.2. The molecule has 1 aromatic rings. The highest BCUT2D eigenvalue weighted by Gasteiger charge is 2.27. The maximum atomic E-state index is 11.7. The Labute approximate surface area is 128 Å². The first-order chi connectivity index (χ1) is 9.90. The SMILES string of the molecule is CCc1ccc(C(N)CC2CCCN(S(C)(=O)=O)C2)cc1. The lowest BCUT2D eigenvalue weighted by molar-refractivity contribution is 0.247.